The molecule has 0 spiro atoms. The summed E-state index contributed by atoms with van der Waals surface area (Å²) in [5, 5.41) is 0. The van der Waals surface area contributed by atoms with Gasteiger partial charge in [0.1, 0.15) is 12.4 Å². The van der Waals surface area contributed by atoms with Gasteiger partial charge in [0, 0.05) is 11.6 Å². The lowest BCUT2D eigenvalue weighted by Gasteiger charge is -2.13. The first-order valence-corrected chi connectivity index (χ1v) is 5.63. The van der Waals surface area contributed by atoms with Crippen molar-refractivity contribution in [1.82, 2.24) is 0 Å². The zero-order chi connectivity index (χ0) is 12.1. The molecule has 88 valence electrons. The molecule has 0 heterocycles. The highest BCUT2D eigenvalue weighted by molar-refractivity contribution is 5.39. The quantitative estimate of drug-likeness (QED) is 0.788. The van der Waals surface area contributed by atoms with Crippen LogP contribution < -0.4 is 10.5 Å². The summed E-state index contributed by atoms with van der Waals surface area (Å²) in [6.07, 6.45) is 2.06. The zero-order valence-electron chi connectivity index (χ0n) is 10.6. The fourth-order valence-electron chi connectivity index (χ4n) is 1.44. The van der Waals surface area contributed by atoms with E-state index < -0.39 is 0 Å². The molecule has 1 atom stereocenters. The van der Waals surface area contributed by atoms with Crippen LogP contribution in [0.25, 0.3) is 0 Å². The second kappa shape index (κ2) is 5.71. The molecule has 0 amide bonds. The fourth-order valence-corrected chi connectivity index (χ4v) is 1.44. The van der Waals surface area contributed by atoms with Crippen molar-refractivity contribution in [1.29, 1.82) is 0 Å². The van der Waals surface area contributed by atoms with Gasteiger partial charge in [-0.1, -0.05) is 17.7 Å². The van der Waals surface area contributed by atoms with Crippen LogP contribution in [0.15, 0.2) is 29.8 Å². The Hall–Kier alpha value is -1.28. The normalized spacial score (nSPS) is 12.1. The van der Waals surface area contributed by atoms with Gasteiger partial charge in [-0.3, -0.25) is 0 Å². The molecule has 2 nitrogen and oxygen atoms in total. The maximum absolute atomic E-state index is 5.90. The second-order valence-corrected chi connectivity index (χ2v) is 4.42. The molecule has 0 fully saturated rings. The van der Waals surface area contributed by atoms with Crippen LogP contribution in [-0.4, -0.2) is 6.61 Å². The Morgan fingerprint density at radius 3 is 2.69 bits per heavy atom. The number of aryl methyl sites for hydroxylation is 1. The lowest BCUT2D eigenvalue weighted by Crippen LogP contribution is -2.08. The van der Waals surface area contributed by atoms with Gasteiger partial charge in [0.05, 0.1) is 0 Å². The van der Waals surface area contributed by atoms with Gasteiger partial charge >= 0.3 is 0 Å². The highest BCUT2D eigenvalue weighted by Gasteiger charge is 2.07. The standard InChI is InChI=1S/C14H21NO/c1-10(2)7-8-16-14-9-11(3)5-6-13(14)12(4)15/h5-7,9,12H,8,15H2,1-4H3. The smallest absolute Gasteiger partial charge is 0.124 e. The summed E-state index contributed by atoms with van der Waals surface area (Å²) < 4.78 is 5.73. The summed E-state index contributed by atoms with van der Waals surface area (Å²) >= 11 is 0. The molecule has 1 aromatic carbocycles. The van der Waals surface area contributed by atoms with Crippen molar-refractivity contribution >= 4 is 0 Å². The third-order valence-corrected chi connectivity index (χ3v) is 2.39. The molecule has 0 aliphatic carbocycles. The molecule has 1 rings (SSSR count). The lowest BCUT2D eigenvalue weighted by molar-refractivity contribution is 0.355. The molecular weight excluding hydrogens is 198 g/mol. The van der Waals surface area contributed by atoms with E-state index in [0.717, 1.165) is 11.3 Å². The number of allylic oxidation sites excluding steroid dienone is 1. The Bertz CT molecular complexity index is 376. The van der Waals surface area contributed by atoms with Crippen LogP contribution in [0, 0.1) is 6.92 Å². The van der Waals surface area contributed by atoms with Crippen LogP contribution in [0.2, 0.25) is 0 Å². The molecule has 16 heavy (non-hydrogen) atoms. The molecule has 2 N–H and O–H groups in total. The van der Waals surface area contributed by atoms with E-state index in [1.54, 1.807) is 0 Å². The minimum absolute atomic E-state index is 0.00213. The average molecular weight is 219 g/mol. The molecular formula is C14H21NO. The van der Waals surface area contributed by atoms with Gasteiger partial charge in [-0.2, -0.15) is 0 Å². The number of nitrogens with two attached hydrogens (primary N) is 1. The van der Waals surface area contributed by atoms with E-state index in [1.165, 1.54) is 11.1 Å². The average Bonchev–Trinajstić information content (AvgIpc) is 2.16. The first-order valence-electron chi connectivity index (χ1n) is 5.63. The first-order chi connectivity index (χ1) is 7.50. The highest BCUT2D eigenvalue weighted by atomic mass is 16.5. The Balaban J connectivity index is 2.84. The first kappa shape index (κ1) is 12.8. The van der Waals surface area contributed by atoms with Crippen LogP contribution in [0.5, 0.6) is 5.75 Å². The van der Waals surface area contributed by atoms with Crippen LogP contribution in [0.4, 0.5) is 0 Å². The maximum atomic E-state index is 5.90. The number of rotatable bonds is 4. The van der Waals surface area contributed by atoms with Crippen molar-refractivity contribution in [3.63, 3.8) is 0 Å². The summed E-state index contributed by atoms with van der Waals surface area (Å²) in [7, 11) is 0. The summed E-state index contributed by atoms with van der Waals surface area (Å²) in [5.41, 5.74) is 9.41. The van der Waals surface area contributed by atoms with E-state index in [-0.39, 0.29) is 6.04 Å². The van der Waals surface area contributed by atoms with Crippen LogP contribution in [-0.2, 0) is 0 Å². The predicted molar refractivity (Wildman–Crippen MR) is 68.7 cm³/mol. The zero-order valence-corrected chi connectivity index (χ0v) is 10.6. The molecule has 0 aromatic heterocycles. The molecule has 0 bridgehead atoms. The molecule has 0 saturated heterocycles. The number of hydrogen-bond acceptors (Lipinski definition) is 2. The van der Waals surface area contributed by atoms with Gasteiger partial charge in [-0.15, -0.1) is 0 Å². The van der Waals surface area contributed by atoms with Gasteiger partial charge in [0.2, 0.25) is 0 Å². The monoisotopic (exact) mass is 219 g/mol. The Morgan fingerprint density at radius 2 is 2.12 bits per heavy atom. The fraction of sp³-hybridized carbons (Fsp3) is 0.429. The van der Waals surface area contributed by atoms with Crippen molar-refractivity contribution < 1.29 is 4.74 Å². The van der Waals surface area contributed by atoms with Crippen molar-refractivity contribution in [3.8, 4) is 5.75 Å². The minimum atomic E-state index is 0.00213. The van der Waals surface area contributed by atoms with E-state index in [1.807, 2.05) is 19.1 Å². The second-order valence-electron chi connectivity index (χ2n) is 4.42. The molecule has 0 aliphatic rings. The predicted octanol–water partition coefficient (Wildman–Crippen LogP) is 3.36. The van der Waals surface area contributed by atoms with Crippen LogP contribution >= 0.6 is 0 Å². The van der Waals surface area contributed by atoms with Crippen molar-refractivity contribution in [2.45, 2.75) is 33.7 Å². The van der Waals surface area contributed by atoms with E-state index in [2.05, 4.69) is 32.9 Å². The summed E-state index contributed by atoms with van der Waals surface area (Å²) in [6.45, 7) is 8.75. The molecule has 0 aliphatic heterocycles. The summed E-state index contributed by atoms with van der Waals surface area (Å²) in [6, 6.07) is 6.14. The molecule has 1 unspecified atom stereocenters. The van der Waals surface area contributed by atoms with E-state index >= 15 is 0 Å². The van der Waals surface area contributed by atoms with Crippen LogP contribution in [0.1, 0.15) is 37.9 Å². The molecule has 1 aromatic rings. The summed E-state index contributed by atoms with van der Waals surface area (Å²) in [5.74, 6) is 0.896. The Labute approximate surface area is 98.1 Å². The van der Waals surface area contributed by atoms with Crippen molar-refractivity contribution in [3.05, 3.63) is 41.0 Å². The van der Waals surface area contributed by atoms with Gasteiger partial charge in [0.15, 0.2) is 0 Å². The Morgan fingerprint density at radius 1 is 1.44 bits per heavy atom. The van der Waals surface area contributed by atoms with Gasteiger partial charge in [-0.25, -0.2) is 0 Å². The maximum Gasteiger partial charge on any atom is 0.124 e. The van der Waals surface area contributed by atoms with E-state index in [0.29, 0.717) is 6.61 Å². The number of hydrogen-bond donors (Lipinski definition) is 1. The lowest BCUT2D eigenvalue weighted by atomic mass is 10.1. The van der Waals surface area contributed by atoms with E-state index in [4.69, 9.17) is 10.5 Å². The van der Waals surface area contributed by atoms with Gasteiger partial charge in [-0.05, 0) is 45.4 Å². The highest BCUT2D eigenvalue weighted by Crippen LogP contribution is 2.25. The van der Waals surface area contributed by atoms with Gasteiger partial charge < -0.3 is 10.5 Å². The van der Waals surface area contributed by atoms with E-state index in [9.17, 15) is 0 Å². The third kappa shape index (κ3) is 3.70. The molecule has 0 radical (unpaired) electrons. The summed E-state index contributed by atoms with van der Waals surface area (Å²) in [4.78, 5) is 0. The molecule has 0 saturated carbocycles. The molecule has 2 heteroatoms. The van der Waals surface area contributed by atoms with Gasteiger partial charge in [0.25, 0.3) is 0 Å². The Kier molecular flexibility index (Phi) is 4.56. The number of ether oxygens (including phenoxy) is 1. The van der Waals surface area contributed by atoms with Crippen molar-refractivity contribution in [2.75, 3.05) is 6.61 Å². The van der Waals surface area contributed by atoms with Crippen LogP contribution in [0.3, 0.4) is 0 Å². The third-order valence-electron chi connectivity index (χ3n) is 2.39. The number of benzene rings is 1. The SMILES string of the molecule is CC(C)=CCOc1cc(C)ccc1C(C)N. The van der Waals surface area contributed by atoms with Crippen molar-refractivity contribution in [2.24, 2.45) is 5.73 Å². The topological polar surface area (TPSA) is 35.2 Å². The minimum Gasteiger partial charge on any atom is -0.489 e. The largest absolute Gasteiger partial charge is 0.489 e.